The summed E-state index contributed by atoms with van der Waals surface area (Å²) in [4.78, 5) is 36.3. The van der Waals surface area contributed by atoms with E-state index >= 15 is 0 Å². The van der Waals surface area contributed by atoms with Crippen molar-refractivity contribution in [1.29, 1.82) is 0 Å². The van der Waals surface area contributed by atoms with Gasteiger partial charge in [-0.2, -0.15) is 0 Å². The van der Waals surface area contributed by atoms with Crippen molar-refractivity contribution in [3.8, 4) is 0 Å². The molecule has 1 rings (SSSR count). The summed E-state index contributed by atoms with van der Waals surface area (Å²) in [6.45, 7) is 1.35. The predicted molar refractivity (Wildman–Crippen MR) is 106 cm³/mol. The van der Waals surface area contributed by atoms with E-state index in [1.807, 2.05) is 7.05 Å². The molecule has 0 bridgehead atoms. The number of carbonyl (C=O) groups excluding carboxylic acids is 3. The molecule has 1 unspecified atom stereocenters. The van der Waals surface area contributed by atoms with E-state index in [-0.39, 0.29) is 25.4 Å². The minimum Gasteiger partial charge on any atom is -0.445 e. The standard InChI is InChI=1S/C18H30N6O4/c1-22-9-10-24(2)18(27)28-11-12-3-5-13(6-4-12)23-17(26)15(20)8-7-14(19)16(21)25/h3-6,14-15,22H,7-11,19-20H2,1-2H3,(H2,21,25)(H,23,26)/t14?,15-/m0/s1. The van der Waals surface area contributed by atoms with Crippen LogP contribution >= 0.6 is 0 Å². The van der Waals surface area contributed by atoms with Gasteiger partial charge in [-0.3, -0.25) is 9.59 Å². The molecule has 1 aromatic carbocycles. The normalized spacial score (nSPS) is 12.7. The maximum Gasteiger partial charge on any atom is 0.409 e. The largest absolute Gasteiger partial charge is 0.445 e. The summed E-state index contributed by atoms with van der Waals surface area (Å²) in [5.74, 6) is -1.01. The zero-order chi connectivity index (χ0) is 21.1. The highest BCUT2D eigenvalue weighted by molar-refractivity contribution is 5.94. The Balaban J connectivity index is 2.44. The van der Waals surface area contributed by atoms with E-state index in [9.17, 15) is 14.4 Å². The molecule has 156 valence electrons. The van der Waals surface area contributed by atoms with Crippen molar-refractivity contribution in [3.05, 3.63) is 29.8 Å². The number of rotatable bonds is 11. The van der Waals surface area contributed by atoms with E-state index in [0.717, 1.165) is 5.56 Å². The molecular formula is C18H30N6O4. The lowest BCUT2D eigenvalue weighted by Crippen LogP contribution is -2.40. The van der Waals surface area contributed by atoms with E-state index in [0.29, 0.717) is 18.8 Å². The minimum atomic E-state index is -0.821. The molecule has 0 aromatic heterocycles. The zero-order valence-corrected chi connectivity index (χ0v) is 16.3. The van der Waals surface area contributed by atoms with Gasteiger partial charge in [0.2, 0.25) is 11.8 Å². The van der Waals surface area contributed by atoms with Gasteiger partial charge in [-0.15, -0.1) is 0 Å². The number of nitrogens with one attached hydrogen (secondary N) is 2. The van der Waals surface area contributed by atoms with Crippen LogP contribution in [0, 0.1) is 0 Å². The Hall–Kier alpha value is -2.69. The molecule has 0 heterocycles. The molecule has 10 nitrogen and oxygen atoms in total. The monoisotopic (exact) mass is 394 g/mol. The summed E-state index contributed by atoms with van der Waals surface area (Å²) >= 11 is 0. The average Bonchev–Trinajstić information content (AvgIpc) is 2.68. The first-order valence-electron chi connectivity index (χ1n) is 8.97. The molecule has 28 heavy (non-hydrogen) atoms. The van der Waals surface area contributed by atoms with Gasteiger partial charge in [0.1, 0.15) is 6.61 Å². The van der Waals surface area contributed by atoms with Crippen LogP contribution in [0.15, 0.2) is 24.3 Å². The molecule has 0 aliphatic heterocycles. The fraction of sp³-hybridized carbons (Fsp3) is 0.500. The topological polar surface area (TPSA) is 166 Å². The Morgan fingerprint density at radius 2 is 1.71 bits per heavy atom. The number of nitrogens with zero attached hydrogens (tertiary/aromatic N) is 1. The van der Waals surface area contributed by atoms with Gasteiger partial charge in [0.05, 0.1) is 12.1 Å². The molecule has 0 spiro atoms. The van der Waals surface area contributed by atoms with Gasteiger partial charge in [0.25, 0.3) is 0 Å². The lowest BCUT2D eigenvalue weighted by atomic mass is 10.1. The summed E-state index contributed by atoms with van der Waals surface area (Å²) in [5.41, 5.74) is 17.7. The predicted octanol–water partition coefficient (Wildman–Crippen LogP) is -0.667. The van der Waals surface area contributed by atoms with Gasteiger partial charge < -0.3 is 37.5 Å². The lowest BCUT2D eigenvalue weighted by molar-refractivity contribution is -0.120. The van der Waals surface area contributed by atoms with Gasteiger partial charge >= 0.3 is 6.09 Å². The Morgan fingerprint density at radius 3 is 2.29 bits per heavy atom. The van der Waals surface area contributed by atoms with Crippen LogP contribution in [0.2, 0.25) is 0 Å². The Kier molecular flexibility index (Phi) is 9.93. The van der Waals surface area contributed by atoms with Crippen LogP contribution in [-0.4, -0.2) is 62.1 Å². The number of hydrogen-bond donors (Lipinski definition) is 5. The molecular weight excluding hydrogens is 364 g/mol. The number of anilines is 1. The number of hydrogen-bond acceptors (Lipinski definition) is 7. The number of carbonyl (C=O) groups is 3. The third-order valence-corrected chi connectivity index (χ3v) is 4.08. The Morgan fingerprint density at radius 1 is 1.11 bits per heavy atom. The number of benzene rings is 1. The molecule has 10 heteroatoms. The van der Waals surface area contributed by atoms with Crippen molar-refractivity contribution in [2.24, 2.45) is 17.2 Å². The van der Waals surface area contributed by atoms with Crippen molar-refractivity contribution in [2.75, 3.05) is 32.5 Å². The van der Waals surface area contributed by atoms with Gasteiger partial charge in [-0.25, -0.2) is 4.79 Å². The summed E-state index contributed by atoms with van der Waals surface area (Å²) in [7, 11) is 3.47. The van der Waals surface area contributed by atoms with Gasteiger partial charge in [0.15, 0.2) is 0 Å². The molecule has 2 atom stereocenters. The van der Waals surface area contributed by atoms with Crippen molar-refractivity contribution in [3.63, 3.8) is 0 Å². The van der Waals surface area contributed by atoms with Crippen LogP contribution in [-0.2, 0) is 20.9 Å². The van der Waals surface area contributed by atoms with Crippen molar-refractivity contribution in [2.45, 2.75) is 31.5 Å². The second-order valence-electron chi connectivity index (χ2n) is 6.46. The van der Waals surface area contributed by atoms with Crippen molar-refractivity contribution in [1.82, 2.24) is 10.2 Å². The first-order valence-corrected chi connectivity index (χ1v) is 8.97. The highest BCUT2D eigenvalue weighted by atomic mass is 16.6. The fourth-order valence-electron chi connectivity index (χ4n) is 2.18. The van der Waals surface area contributed by atoms with Crippen LogP contribution in [0.1, 0.15) is 18.4 Å². The van der Waals surface area contributed by atoms with Gasteiger partial charge in [-0.1, -0.05) is 12.1 Å². The summed E-state index contributed by atoms with van der Waals surface area (Å²) < 4.78 is 5.22. The number of nitrogens with two attached hydrogens (primary N) is 3. The van der Waals surface area contributed by atoms with Crippen molar-refractivity contribution >= 4 is 23.6 Å². The van der Waals surface area contributed by atoms with Crippen molar-refractivity contribution < 1.29 is 19.1 Å². The SMILES string of the molecule is CNCCN(C)C(=O)OCc1ccc(NC(=O)[C@@H](N)CCC(N)C(N)=O)cc1. The Bertz CT molecular complexity index is 652. The Labute approximate surface area is 164 Å². The molecule has 0 aliphatic carbocycles. The summed E-state index contributed by atoms with van der Waals surface area (Å²) in [6, 6.07) is 5.23. The van der Waals surface area contributed by atoms with E-state index in [4.69, 9.17) is 21.9 Å². The maximum absolute atomic E-state index is 12.1. The molecule has 3 amide bonds. The van der Waals surface area contributed by atoms with Crippen LogP contribution in [0.3, 0.4) is 0 Å². The van der Waals surface area contributed by atoms with Crippen LogP contribution in [0.4, 0.5) is 10.5 Å². The van der Waals surface area contributed by atoms with E-state index in [2.05, 4.69) is 10.6 Å². The molecule has 0 radical (unpaired) electrons. The summed E-state index contributed by atoms with van der Waals surface area (Å²) in [5, 5.41) is 5.64. The van der Waals surface area contributed by atoms with Gasteiger partial charge in [0, 0.05) is 25.8 Å². The van der Waals surface area contributed by atoms with Crippen LogP contribution in [0.5, 0.6) is 0 Å². The molecule has 1 aromatic rings. The number of ether oxygens (including phenoxy) is 1. The number of primary amides is 1. The molecule has 0 aliphatic rings. The number of amides is 3. The average molecular weight is 394 g/mol. The van der Waals surface area contributed by atoms with E-state index in [1.165, 1.54) is 4.90 Å². The third-order valence-electron chi connectivity index (χ3n) is 4.08. The van der Waals surface area contributed by atoms with E-state index < -0.39 is 24.1 Å². The summed E-state index contributed by atoms with van der Waals surface area (Å²) in [6.07, 6.45) is 0.0648. The molecule has 0 saturated carbocycles. The molecule has 8 N–H and O–H groups in total. The fourth-order valence-corrected chi connectivity index (χ4v) is 2.18. The van der Waals surface area contributed by atoms with Crippen LogP contribution < -0.4 is 27.8 Å². The number of likely N-dealkylation sites (N-methyl/N-ethyl adjacent to an activating group) is 2. The quantitative estimate of drug-likeness (QED) is 0.332. The maximum atomic E-state index is 12.1. The highest BCUT2D eigenvalue weighted by Crippen LogP contribution is 2.12. The molecule has 0 fully saturated rings. The van der Waals surface area contributed by atoms with Gasteiger partial charge in [-0.05, 0) is 37.6 Å². The lowest BCUT2D eigenvalue weighted by Gasteiger charge is -2.17. The van der Waals surface area contributed by atoms with E-state index in [1.54, 1.807) is 31.3 Å². The first-order chi connectivity index (χ1) is 13.2. The smallest absolute Gasteiger partial charge is 0.409 e. The zero-order valence-electron chi connectivity index (χ0n) is 16.3. The first kappa shape index (κ1) is 23.3. The second kappa shape index (κ2) is 11.9. The second-order valence-corrected chi connectivity index (χ2v) is 6.46. The third kappa shape index (κ3) is 8.33. The molecule has 0 saturated heterocycles. The van der Waals surface area contributed by atoms with Crippen LogP contribution in [0.25, 0.3) is 0 Å². The highest BCUT2D eigenvalue weighted by Gasteiger charge is 2.17. The minimum absolute atomic E-state index is 0.126.